The summed E-state index contributed by atoms with van der Waals surface area (Å²) in [5, 5.41) is 2.98. The number of hydrogen-bond acceptors (Lipinski definition) is 5. The standard InChI is InChI=1S/C25H30N4O2/c1-19-12-14-29(15-13-19)23-11-10-20(16-26-23)17-27-24(30)8-5-9-25-28-18-22(31-25)21-6-3-2-4-7-21/h2-4,6-7,10-11,16,18-19H,5,8-9,12-15,17H2,1H3,(H,27,30). The van der Waals surface area contributed by atoms with Crippen LogP contribution in [0.4, 0.5) is 5.82 Å². The maximum absolute atomic E-state index is 12.2. The highest BCUT2D eigenvalue weighted by Crippen LogP contribution is 2.22. The molecule has 31 heavy (non-hydrogen) atoms. The number of pyridine rings is 1. The molecule has 0 atom stereocenters. The SMILES string of the molecule is CC1CCN(c2ccc(CNC(=O)CCCc3ncc(-c4ccccc4)o3)cn2)CC1. The minimum Gasteiger partial charge on any atom is -0.441 e. The van der Waals surface area contributed by atoms with Gasteiger partial charge in [-0.2, -0.15) is 0 Å². The van der Waals surface area contributed by atoms with Gasteiger partial charge in [-0.1, -0.05) is 43.3 Å². The summed E-state index contributed by atoms with van der Waals surface area (Å²) in [5.41, 5.74) is 2.02. The molecular weight excluding hydrogens is 388 g/mol. The first-order valence-corrected chi connectivity index (χ1v) is 11.1. The van der Waals surface area contributed by atoms with Crippen molar-refractivity contribution in [2.24, 2.45) is 5.92 Å². The Balaban J connectivity index is 1.17. The van der Waals surface area contributed by atoms with Crippen molar-refractivity contribution in [3.05, 3.63) is 66.3 Å². The van der Waals surface area contributed by atoms with Gasteiger partial charge in [-0.3, -0.25) is 4.79 Å². The van der Waals surface area contributed by atoms with Crippen LogP contribution in [0.5, 0.6) is 0 Å². The Labute approximate surface area is 183 Å². The van der Waals surface area contributed by atoms with Gasteiger partial charge in [0.25, 0.3) is 0 Å². The van der Waals surface area contributed by atoms with Gasteiger partial charge in [0.2, 0.25) is 5.91 Å². The molecule has 0 saturated carbocycles. The molecule has 1 N–H and O–H groups in total. The maximum atomic E-state index is 12.2. The summed E-state index contributed by atoms with van der Waals surface area (Å²) in [6.45, 7) is 4.95. The second-order valence-corrected chi connectivity index (χ2v) is 8.31. The van der Waals surface area contributed by atoms with Gasteiger partial charge >= 0.3 is 0 Å². The number of benzene rings is 1. The fraction of sp³-hybridized carbons (Fsp3) is 0.400. The predicted octanol–water partition coefficient (Wildman–Crippen LogP) is 4.61. The minimum atomic E-state index is 0.0314. The molecule has 6 nitrogen and oxygen atoms in total. The molecule has 1 aromatic carbocycles. The highest BCUT2D eigenvalue weighted by Gasteiger charge is 2.16. The number of aromatic nitrogens is 2. The van der Waals surface area contributed by atoms with E-state index in [2.05, 4.69) is 39.2 Å². The lowest BCUT2D eigenvalue weighted by atomic mass is 9.99. The van der Waals surface area contributed by atoms with E-state index in [1.165, 1.54) is 12.8 Å². The topological polar surface area (TPSA) is 71.3 Å². The summed E-state index contributed by atoms with van der Waals surface area (Å²) in [6, 6.07) is 14.0. The number of amides is 1. The van der Waals surface area contributed by atoms with Crippen molar-refractivity contribution in [2.75, 3.05) is 18.0 Å². The van der Waals surface area contributed by atoms with Gasteiger partial charge in [0.05, 0.1) is 6.20 Å². The van der Waals surface area contributed by atoms with Crippen molar-refractivity contribution >= 4 is 11.7 Å². The van der Waals surface area contributed by atoms with Crippen LogP contribution < -0.4 is 10.2 Å². The molecule has 0 bridgehead atoms. The van der Waals surface area contributed by atoms with E-state index in [0.717, 1.165) is 41.7 Å². The van der Waals surface area contributed by atoms with E-state index in [4.69, 9.17) is 4.42 Å². The van der Waals surface area contributed by atoms with E-state index >= 15 is 0 Å². The third-order valence-electron chi connectivity index (χ3n) is 5.81. The molecule has 0 spiro atoms. The van der Waals surface area contributed by atoms with Crippen LogP contribution in [0.3, 0.4) is 0 Å². The quantitative estimate of drug-likeness (QED) is 0.578. The summed E-state index contributed by atoms with van der Waals surface area (Å²) in [4.78, 5) is 23.4. The molecule has 162 valence electrons. The molecule has 0 radical (unpaired) electrons. The number of nitrogens with one attached hydrogen (secondary N) is 1. The summed E-state index contributed by atoms with van der Waals surface area (Å²) in [7, 11) is 0. The molecule has 4 rings (SSSR count). The number of rotatable bonds is 8. The van der Waals surface area contributed by atoms with Crippen molar-refractivity contribution in [1.29, 1.82) is 0 Å². The number of anilines is 1. The Hall–Kier alpha value is -3.15. The van der Waals surface area contributed by atoms with Gasteiger partial charge in [-0.05, 0) is 36.8 Å². The molecule has 3 heterocycles. The van der Waals surface area contributed by atoms with Crippen molar-refractivity contribution in [3.63, 3.8) is 0 Å². The first-order valence-electron chi connectivity index (χ1n) is 11.1. The van der Waals surface area contributed by atoms with Gasteiger partial charge < -0.3 is 14.6 Å². The van der Waals surface area contributed by atoms with E-state index in [-0.39, 0.29) is 5.91 Å². The number of nitrogens with zero attached hydrogens (tertiary/aromatic N) is 3. The first kappa shape index (κ1) is 21.1. The zero-order chi connectivity index (χ0) is 21.5. The van der Waals surface area contributed by atoms with Crippen LogP contribution in [0.15, 0.2) is 59.3 Å². The van der Waals surface area contributed by atoms with Gasteiger partial charge in [-0.15, -0.1) is 0 Å². The molecule has 1 saturated heterocycles. The molecule has 0 unspecified atom stereocenters. The molecule has 1 fully saturated rings. The lowest BCUT2D eigenvalue weighted by molar-refractivity contribution is -0.121. The van der Waals surface area contributed by atoms with E-state index in [1.807, 2.05) is 36.5 Å². The smallest absolute Gasteiger partial charge is 0.220 e. The summed E-state index contributed by atoms with van der Waals surface area (Å²) >= 11 is 0. The highest BCUT2D eigenvalue weighted by molar-refractivity contribution is 5.75. The normalized spacial score (nSPS) is 14.5. The summed E-state index contributed by atoms with van der Waals surface area (Å²) < 4.78 is 5.79. The Morgan fingerprint density at radius 1 is 1.10 bits per heavy atom. The van der Waals surface area contributed by atoms with E-state index in [1.54, 1.807) is 6.20 Å². The van der Waals surface area contributed by atoms with Gasteiger partial charge in [0.15, 0.2) is 11.7 Å². The van der Waals surface area contributed by atoms with E-state index in [0.29, 0.717) is 31.7 Å². The zero-order valence-electron chi connectivity index (χ0n) is 18.1. The molecule has 0 aliphatic carbocycles. The third-order valence-corrected chi connectivity index (χ3v) is 5.81. The Kier molecular flexibility index (Phi) is 6.97. The number of carbonyl (C=O) groups excluding carboxylic acids is 1. The van der Waals surface area contributed by atoms with Gasteiger partial charge in [0, 0.05) is 44.2 Å². The van der Waals surface area contributed by atoms with Crippen LogP contribution in [0.2, 0.25) is 0 Å². The van der Waals surface area contributed by atoms with Gasteiger partial charge in [-0.25, -0.2) is 9.97 Å². The Bertz CT molecular complexity index is 961. The number of hydrogen-bond donors (Lipinski definition) is 1. The zero-order valence-corrected chi connectivity index (χ0v) is 18.1. The van der Waals surface area contributed by atoms with Crippen LogP contribution in [-0.4, -0.2) is 29.0 Å². The second-order valence-electron chi connectivity index (χ2n) is 8.31. The predicted molar refractivity (Wildman–Crippen MR) is 122 cm³/mol. The Morgan fingerprint density at radius 3 is 2.65 bits per heavy atom. The first-order chi connectivity index (χ1) is 15.2. The van der Waals surface area contributed by atoms with Crippen LogP contribution >= 0.6 is 0 Å². The highest BCUT2D eigenvalue weighted by atomic mass is 16.4. The van der Waals surface area contributed by atoms with Crippen LogP contribution in [-0.2, 0) is 17.8 Å². The molecular formula is C25H30N4O2. The van der Waals surface area contributed by atoms with Gasteiger partial charge in [0.1, 0.15) is 5.82 Å². The lowest BCUT2D eigenvalue weighted by Crippen LogP contribution is -2.33. The molecule has 3 aromatic rings. The Morgan fingerprint density at radius 2 is 1.90 bits per heavy atom. The largest absolute Gasteiger partial charge is 0.441 e. The van der Waals surface area contributed by atoms with Crippen LogP contribution in [0.1, 0.15) is 44.1 Å². The molecule has 2 aromatic heterocycles. The average Bonchev–Trinajstić information content (AvgIpc) is 3.28. The monoisotopic (exact) mass is 418 g/mol. The molecule has 6 heteroatoms. The molecule has 1 amide bonds. The fourth-order valence-electron chi connectivity index (χ4n) is 3.80. The number of aryl methyl sites for hydroxylation is 1. The van der Waals surface area contributed by atoms with Crippen molar-refractivity contribution in [1.82, 2.24) is 15.3 Å². The third kappa shape index (κ3) is 5.94. The summed E-state index contributed by atoms with van der Waals surface area (Å²) in [6.07, 6.45) is 7.84. The van der Waals surface area contributed by atoms with Crippen molar-refractivity contribution in [2.45, 2.75) is 45.6 Å². The van der Waals surface area contributed by atoms with E-state index in [9.17, 15) is 4.79 Å². The van der Waals surface area contributed by atoms with Crippen LogP contribution in [0.25, 0.3) is 11.3 Å². The number of carbonyl (C=O) groups is 1. The number of oxazole rings is 1. The number of piperidine rings is 1. The van der Waals surface area contributed by atoms with Crippen molar-refractivity contribution < 1.29 is 9.21 Å². The molecule has 1 aliphatic heterocycles. The van der Waals surface area contributed by atoms with E-state index < -0.39 is 0 Å². The molecule has 1 aliphatic rings. The summed E-state index contributed by atoms with van der Waals surface area (Å²) in [5.74, 6) is 3.29. The second kappa shape index (κ2) is 10.2. The minimum absolute atomic E-state index is 0.0314. The van der Waals surface area contributed by atoms with Crippen molar-refractivity contribution in [3.8, 4) is 11.3 Å². The van der Waals surface area contributed by atoms with Crippen LogP contribution in [0, 0.1) is 5.92 Å². The lowest BCUT2D eigenvalue weighted by Gasteiger charge is -2.31. The average molecular weight is 419 g/mol. The maximum Gasteiger partial charge on any atom is 0.220 e. The fourth-order valence-corrected chi connectivity index (χ4v) is 3.80.